The number of fused-ring (bicyclic) bond motifs is 1. The van der Waals surface area contributed by atoms with Gasteiger partial charge in [-0.1, -0.05) is 11.3 Å². The Bertz CT molecular complexity index is 972. The number of benzene rings is 1. The lowest BCUT2D eigenvalue weighted by molar-refractivity contribution is 1.37. The Morgan fingerprint density at radius 2 is 2.00 bits per heavy atom. The summed E-state index contributed by atoms with van der Waals surface area (Å²) in [7, 11) is 0. The predicted molar refractivity (Wildman–Crippen MR) is 108 cm³/mol. The normalized spacial score (nSPS) is 11.2. The molecule has 0 amide bonds. The molecule has 0 atom stereocenters. The van der Waals surface area contributed by atoms with Crippen molar-refractivity contribution in [1.82, 2.24) is 9.97 Å². The average molecular weight is 440 g/mol. The van der Waals surface area contributed by atoms with Crippen LogP contribution in [-0.2, 0) is 0 Å². The molecule has 0 fully saturated rings. The van der Waals surface area contributed by atoms with Crippen molar-refractivity contribution in [2.45, 2.75) is 4.90 Å². The number of nitrogens with zero attached hydrogens (tertiary/aromatic N) is 2. The molecule has 3 heterocycles. The molecule has 0 unspecified atom stereocenters. The topological polar surface area (TPSA) is 37.8 Å². The smallest absolute Gasteiger partial charge is 0.190 e. The Kier molecular flexibility index (Phi) is 4.42. The molecule has 8 heteroatoms. The van der Waals surface area contributed by atoms with Gasteiger partial charge in [-0.25, -0.2) is 9.97 Å². The Morgan fingerprint density at radius 3 is 2.78 bits per heavy atom. The van der Waals surface area contributed by atoms with E-state index in [4.69, 9.17) is 0 Å². The third-order valence-electron chi connectivity index (χ3n) is 3.14. The van der Waals surface area contributed by atoms with Crippen LogP contribution in [0.4, 0.5) is 10.3 Å². The summed E-state index contributed by atoms with van der Waals surface area (Å²) in [4.78, 5) is 11.7. The largest absolute Gasteiger partial charge is 0.307 e. The van der Waals surface area contributed by atoms with Crippen molar-refractivity contribution in [2.75, 3.05) is 11.6 Å². The summed E-state index contributed by atoms with van der Waals surface area (Å²) in [6.07, 6.45) is 2.08. The van der Waals surface area contributed by atoms with Crippen LogP contribution in [0.3, 0.4) is 0 Å². The summed E-state index contributed by atoms with van der Waals surface area (Å²) in [5, 5.41) is 7.15. The van der Waals surface area contributed by atoms with Crippen molar-refractivity contribution in [3.63, 3.8) is 0 Å². The molecule has 0 aliphatic carbocycles. The van der Waals surface area contributed by atoms with Crippen molar-refractivity contribution >= 4 is 82.2 Å². The molecule has 4 aromatic rings. The first-order valence-corrected chi connectivity index (χ1v) is 11.2. The lowest BCUT2D eigenvalue weighted by atomic mass is 10.3. The minimum Gasteiger partial charge on any atom is -0.307 e. The van der Waals surface area contributed by atoms with Crippen LogP contribution in [0.15, 0.2) is 44.4 Å². The molecule has 0 aliphatic heterocycles. The van der Waals surface area contributed by atoms with E-state index in [1.807, 2.05) is 6.07 Å². The number of hydrogen-bond donors (Lipinski definition) is 1. The van der Waals surface area contributed by atoms with Gasteiger partial charge in [0, 0.05) is 10.3 Å². The fourth-order valence-corrected chi connectivity index (χ4v) is 5.69. The monoisotopic (exact) mass is 439 g/mol. The maximum Gasteiger partial charge on any atom is 0.190 e. The molecule has 0 spiro atoms. The summed E-state index contributed by atoms with van der Waals surface area (Å²) in [6.45, 7) is 0. The first-order valence-electron chi connectivity index (χ1n) is 6.64. The van der Waals surface area contributed by atoms with Crippen LogP contribution in [0.5, 0.6) is 0 Å². The minimum absolute atomic E-state index is 0.869. The third kappa shape index (κ3) is 3.32. The van der Waals surface area contributed by atoms with E-state index in [-0.39, 0.29) is 0 Å². The zero-order valence-electron chi connectivity index (χ0n) is 11.9. The van der Waals surface area contributed by atoms with Crippen LogP contribution in [0.2, 0.25) is 0 Å². The molecule has 4 rings (SSSR count). The highest BCUT2D eigenvalue weighted by Crippen LogP contribution is 2.35. The highest BCUT2D eigenvalue weighted by atomic mass is 79.9. The number of hydrogen-bond acceptors (Lipinski definition) is 7. The van der Waals surface area contributed by atoms with E-state index in [0.29, 0.717) is 0 Å². The maximum atomic E-state index is 4.65. The Hall–Kier alpha value is -0.930. The second-order valence-corrected chi connectivity index (χ2v) is 9.85. The van der Waals surface area contributed by atoms with Crippen molar-refractivity contribution < 1.29 is 0 Å². The molecule has 116 valence electrons. The third-order valence-corrected chi connectivity index (χ3v) is 7.20. The van der Waals surface area contributed by atoms with Crippen LogP contribution >= 0.6 is 61.7 Å². The Balaban J connectivity index is 1.59. The second-order valence-electron chi connectivity index (χ2n) is 4.62. The minimum atomic E-state index is 0.869. The molecular formula is C15H10BrN3S4. The number of thiophene rings is 1. The number of thiazole rings is 2. The van der Waals surface area contributed by atoms with E-state index in [1.54, 1.807) is 45.8 Å². The first-order chi connectivity index (χ1) is 11.2. The maximum absolute atomic E-state index is 4.65. The number of aromatic nitrogens is 2. The number of rotatable bonds is 4. The van der Waals surface area contributed by atoms with Gasteiger partial charge in [-0.05, 0) is 52.5 Å². The van der Waals surface area contributed by atoms with E-state index in [0.717, 1.165) is 30.1 Å². The highest BCUT2D eigenvalue weighted by Gasteiger charge is 2.10. The average Bonchev–Trinajstić information content (AvgIpc) is 3.25. The van der Waals surface area contributed by atoms with Gasteiger partial charge >= 0.3 is 0 Å². The lowest BCUT2D eigenvalue weighted by Crippen LogP contribution is -1.87. The fourth-order valence-electron chi connectivity index (χ4n) is 2.07. The summed E-state index contributed by atoms with van der Waals surface area (Å²) >= 11 is 10.2. The van der Waals surface area contributed by atoms with Gasteiger partial charge < -0.3 is 5.32 Å². The van der Waals surface area contributed by atoms with Gasteiger partial charge in [0.15, 0.2) is 10.3 Å². The van der Waals surface area contributed by atoms with E-state index >= 15 is 0 Å². The summed E-state index contributed by atoms with van der Waals surface area (Å²) in [6, 6.07) is 10.5. The van der Waals surface area contributed by atoms with Gasteiger partial charge in [-0.15, -0.1) is 34.4 Å². The molecule has 0 aliphatic rings. The van der Waals surface area contributed by atoms with Crippen molar-refractivity contribution in [2.24, 2.45) is 0 Å². The van der Waals surface area contributed by atoms with Crippen molar-refractivity contribution in [3.8, 4) is 10.6 Å². The number of thioether (sulfide) groups is 1. The van der Waals surface area contributed by atoms with Crippen LogP contribution < -0.4 is 5.32 Å². The van der Waals surface area contributed by atoms with E-state index in [2.05, 4.69) is 67.1 Å². The molecule has 23 heavy (non-hydrogen) atoms. The van der Waals surface area contributed by atoms with Crippen molar-refractivity contribution in [3.05, 3.63) is 39.5 Å². The SMILES string of the molecule is CSc1ccc2nc(Nc3nc(-c4ccc(Br)s4)cs3)sc2c1. The van der Waals surface area contributed by atoms with Crippen LogP contribution in [0.25, 0.3) is 20.8 Å². The zero-order valence-corrected chi connectivity index (χ0v) is 16.7. The Morgan fingerprint density at radius 1 is 1.09 bits per heavy atom. The summed E-state index contributed by atoms with van der Waals surface area (Å²) in [5.74, 6) is 0. The lowest BCUT2D eigenvalue weighted by Gasteiger charge is -1.94. The number of halogens is 1. The van der Waals surface area contributed by atoms with Crippen molar-refractivity contribution in [1.29, 1.82) is 0 Å². The zero-order chi connectivity index (χ0) is 15.8. The molecule has 3 aromatic heterocycles. The molecule has 0 bridgehead atoms. The van der Waals surface area contributed by atoms with Crippen LogP contribution in [-0.4, -0.2) is 16.2 Å². The second kappa shape index (κ2) is 6.52. The molecule has 1 N–H and O–H groups in total. The number of nitrogens with one attached hydrogen (secondary N) is 1. The summed E-state index contributed by atoms with van der Waals surface area (Å²) in [5.41, 5.74) is 2.02. The van der Waals surface area contributed by atoms with E-state index in [9.17, 15) is 0 Å². The van der Waals surface area contributed by atoms with Crippen LogP contribution in [0, 0.1) is 0 Å². The molecule has 0 saturated carbocycles. The highest BCUT2D eigenvalue weighted by molar-refractivity contribution is 9.11. The Labute approximate surface area is 157 Å². The van der Waals surface area contributed by atoms with Gasteiger partial charge in [-0.2, -0.15) is 0 Å². The van der Waals surface area contributed by atoms with Gasteiger partial charge in [0.25, 0.3) is 0 Å². The van der Waals surface area contributed by atoms with Crippen LogP contribution in [0.1, 0.15) is 0 Å². The fraction of sp³-hybridized carbons (Fsp3) is 0.0667. The molecule has 3 nitrogen and oxygen atoms in total. The van der Waals surface area contributed by atoms with E-state index in [1.165, 1.54) is 9.60 Å². The van der Waals surface area contributed by atoms with E-state index < -0.39 is 0 Å². The predicted octanol–water partition coefficient (Wildman–Crippen LogP) is 6.71. The molecule has 1 aromatic carbocycles. The molecular weight excluding hydrogens is 430 g/mol. The molecule has 0 radical (unpaired) electrons. The molecule has 0 saturated heterocycles. The van der Waals surface area contributed by atoms with Gasteiger partial charge in [-0.3, -0.25) is 0 Å². The first kappa shape index (κ1) is 15.6. The van der Waals surface area contributed by atoms with Gasteiger partial charge in [0.2, 0.25) is 0 Å². The van der Waals surface area contributed by atoms with Gasteiger partial charge in [0.05, 0.1) is 24.6 Å². The standard InChI is InChI=1S/C15H10BrN3S4/c1-20-8-2-3-9-12(6-8)23-15(17-9)19-14-18-10(7-21-14)11-4-5-13(16)22-11/h2-7H,1H3,(H,17,18,19). The number of anilines is 2. The quantitative estimate of drug-likeness (QED) is 0.358. The summed E-state index contributed by atoms with van der Waals surface area (Å²) < 4.78 is 2.31. The van der Waals surface area contributed by atoms with Gasteiger partial charge in [0.1, 0.15) is 0 Å².